The van der Waals surface area contributed by atoms with Crippen molar-refractivity contribution in [3.8, 4) is 0 Å². The first-order valence-electron chi connectivity index (χ1n) is 6.24. The first kappa shape index (κ1) is 13.2. The zero-order valence-electron chi connectivity index (χ0n) is 10.9. The van der Waals surface area contributed by atoms with E-state index in [-0.39, 0.29) is 5.91 Å². The lowest BCUT2D eigenvalue weighted by Crippen LogP contribution is -2.33. The monoisotopic (exact) mass is 265 g/mol. The Morgan fingerprint density at radius 2 is 2.22 bits per heavy atom. The van der Waals surface area contributed by atoms with E-state index in [0.29, 0.717) is 0 Å². The molecule has 2 heterocycles. The van der Waals surface area contributed by atoms with E-state index in [1.54, 1.807) is 0 Å². The lowest BCUT2D eigenvalue weighted by atomic mass is 10.2. The lowest BCUT2D eigenvalue weighted by Gasteiger charge is -2.20. The molecule has 0 saturated carbocycles. The van der Waals surface area contributed by atoms with E-state index in [1.807, 2.05) is 42.8 Å². The number of carbonyl (C=O) groups is 1. The SMILES string of the molecule is CNc1cc(C(=O)N2CCCSCC2)cc(C)n1. The van der Waals surface area contributed by atoms with Crippen LogP contribution in [-0.4, -0.2) is 47.4 Å². The van der Waals surface area contributed by atoms with Gasteiger partial charge in [-0.1, -0.05) is 0 Å². The number of hydrogen-bond donors (Lipinski definition) is 1. The molecule has 0 aliphatic carbocycles. The number of anilines is 1. The molecule has 0 unspecified atom stereocenters. The number of aryl methyl sites for hydroxylation is 1. The minimum absolute atomic E-state index is 0.125. The summed E-state index contributed by atoms with van der Waals surface area (Å²) in [5, 5.41) is 2.99. The summed E-state index contributed by atoms with van der Waals surface area (Å²) in [4.78, 5) is 18.7. The van der Waals surface area contributed by atoms with Gasteiger partial charge in [0.15, 0.2) is 0 Å². The van der Waals surface area contributed by atoms with Crippen molar-refractivity contribution in [2.24, 2.45) is 0 Å². The minimum Gasteiger partial charge on any atom is -0.373 e. The lowest BCUT2D eigenvalue weighted by molar-refractivity contribution is 0.0768. The van der Waals surface area contributed by atoms with Crippen LogP contribution in [0.1, 0.15) is 22.5 Å². The molecule has 1 fully saturated rings. The van der Waals surface area contributed by atoms with Crippen LogP contribution < -0.4 is 5.32 Å². The molecule has 4 nitrogen and oxygen atoms in total. The molecule has 1 saturated heterocycles. The molecule has 1 amide bonds. The van der Waals surface area contributed by atoms with Crippen molar-refractivity contribution in [1.82, 2.24) is 9.88 Å². The molecule has 2 rings (SSSR count). The molecular formula is C13H19N3OS. The fraction of sp³-hybridized carbons (Fsp3) is 0.538. The van der Waals surface area contributed by atoms with Crippen molar-refractivity contribution < 1.29 is 4.79 Å². The van der Waals surface area contributed by atoms with Crippen LogP contribution in [0.25, 0.3) is 0 Å². The van der Waals surface area contributed by atoms with Crippen molar-refractivity contribution >= 4 is 23.5 Å². The smallest absolute Gasteiger partial charge is 0.254 e. The molecule has 98 valence electrons. The van der Waals surface area contributed by atoms with E-state index >= 15 is 0 Å². The molecule has 18 heavy (non-hydrogen) atoms. The van der Waals surface area contributed by atoms with Crippen LogP contribution in [0, 0.1) is 6.92 Å². The molecule has 0 aromatic carbocycles. The maximum atomic E-state index is 12.4. The average molecular weight is 265 g/mol. The summed E-state index contributed by atoms with van der Waals surface area (Å²) in [7, 11) is 1.82. The standard InChI is InChI=1S/C13H19N3OS/c1-10-8-11(9-12(14-2)15-10)13(17)16-4-3-6-18-7-5-16/h8-9H,3-7H2,1-2H3,(H,14,15). The van der Waals surface area contributed by atoms with Gasteiger partial charge < -0.3 is 10.2 Å². The van der Waals surface area contributed by atoms with Crippen LogP contribution in [-0.2, 0) is 0 Å². The Bertz CT molecular complexity index is 428. The molecule has 1 N–H and O–H groups in total. The predicted molar refractivity (Wildman–Crippen MR) is 76.4 cm³/mol. The van der Waals surface area contributed by atoms with E-state index in [4.69, 9.17) is 0 Å². The molecule has 0 radical (unpaired) electrons. The van der Waals surface area contributed by atoms with E-state index in [9.17, 15) is 4.79 Å². The third-order valence-corrected chi connectivity index (χ3v) is 4.01. The van der Waals surface area contributed by atoms with Gasteiger partial charge in [0.1, 0.15) is 5.82 Å². The number of hydrogen-bond acceptors (Lipinski definition) is 4. The van der Waals surface area contributed by atoms with Gasteiger partial charge in [0.05, 0.1) is 0 Å². The molecule has 5 heteroatoms. The Morgan fingerprint density at radius 3 is 3.00 bits per heavy atom. The number of pyridine rings is 1. The van der Waals surface area contributed by atoms with Gasteiger partial charge in [-0.3, -0.25) is 4.79 Å². The van der Waals surface area contributed by atoms with Crippen LogP contribution in [0.15, 0.2) is 12.1 Å². The van der Waals surface area contributed by atoms with Gasteiger partial charge in [0.25, 0.3) is 5.91 Å². The molecule has 0 atom stereocenters. The highest BCUT2D eigenvalue weighted by atomic mass is 32.2. The Balaban J connectivity index is 2.18. The molecule has 0 spiro atoms. The average Bonchev–Trinajstić information content (AvgIpc) is 2.65. The Morgan fingerprint density at radius 1 is 1.39 bits per heavy atom. The summed E-state index contributed by atoms with van der Waals surface area (Å²) in [6.07, 6.45) is 1.08. The van der Waals surface area contributed by atoms with Crippen molar-refractivity contribution in [3.63, 3.8) is 0 Å². The van der Waals surface area contributed by atoms with Gasteiger partial charge in [0.2, 0.25) is 0 Å². The normalized spacial score (nSPS) is 16.2. The summed E-state index contributed by atoms with van der Waals surface area (Å²) in [5.74, 6) is 3.07. The second-order valence-corrected chi connectivity index (χ2v) is 5.62. The molecule has 1 aliphatic heterocycles. The van der Waals surface area contributed by atoms with E-state index < -0.39 is 0 Å². The van der Waals surface area contributed by atoms with Crippen molar-refractivity contribution in [3.05, 3.63) is 23.4 Å². The highest BCUT2D eigenvalue weighted by Crippen LogP contribution is 2.16. The van der Waals surface area contributed by atoms with Gasteiger partial charge >= 0.3 is 0 Å². The maximum absolute atomic E-state index is 12.4. The fourth-order valence-electron chi connectivity index (χ4n) is 2.05. The Kier molecular flexibility index (Phi) is 4.47. The quantitative estimate of drug-likeness (QED) is 0.888. The summed E-state index contributed by atoms with van der Waals surface area (Å²) >= 11 is 1.92. The molecule has 1 aromatic rings. The zero-order chi connectivity index (χ0) is 13.0. The van der Waals surface area contributed by atoms with Crippen molar-refractivity contribution in [1.29, 1.82) is 0 Å². The fourth-order valence-corrected chi connectivity index (χ4v) is 2.94. The third-order valence-electron chi connectivity index (χ3n) is 2.97. The first-order valence-corrected chi connectivity index (χ1v) is 7.39. The Labute approximate surface area is 112 Å². The number of amides is 1. The predicted octanol–water partition coefficient (Wildman–Crippen LogP) is 2.01. The number of thioether (sulfide) groups is 1. The highest BCUT2D eigenvalue weighted by Gasteiger charge is 2.18. The summed E-state index contributed by atoms with van der Waals surface area (Å²) < 4.78 is 0. The summed E-state index contributed by atoms with van der Waals surface area (Å²) in [6, 6.07) is 3.69. The van der Waals surface area contributed by atoms with Gasteiger partial charge in [-0.05, 0) is 31.2 Å². The number of nitrogens with zero attached hydrogens (tertiary/aromatic N) is 2. The first-order chi connectivity index (χ1) is 8.70. The van der Waals surface area contributed by atoms with Crippen LogP contribution in [0.3, 0.4) is 0 Å². The second-order valence-electron chi connectivity index (χ2n) is 4.39. The molecule has 1 aromatic heterocycles. The van der Waals surface area contributed by atoms with Crippen molar-refractivity contribution in [2.45, 2.75) is 13.3 Å². The Hall–Kier alpha value is -1.23. The van der Waals surface area contributed by atoms with Gasteiger partial charge in [-0.15, -0.1) is 0 Å². The third kappa shape index (κ3) is 3.16. The van der Waals surface area contributed by atoms with E-state index in [0.717, 1.165) is 48.1 Å². The van der Waals surface area contributed by atoms with Gasteiger partial charge in [-0.2, -0.15) is 11.8 Å². The number of nitrogens with one attached hydrogen (secondary N) is 1. The number of aromatic nitrogens is 1. The highest BCUT2D eigenvalue weighted by molar-refractivity contribution is 7.99. The topological polar surface area (TPSA) is 45.2 Å². The van der Waals surface area contributed by atoms with Crippen LogP contribution in [0.2, 0.25) is 0 Å². The second kappa shape index (κ2) is 6.09. The van der Waals surface area contributed by atoms with Crippen molar-refractivity contribution in [2.75, 3.05) is 37.0 Å². The summed E-state index contributed by atoms with van der Waals surface area (Å²) in [6.45, 7) is 3.62. The molecule has 0 bridgehead atoms. The van der Waals surface area contributed by atoms with E-state index in [1.165, 1.54) is 0 Å². The van der Waals surface area contributed by atoms with Gasteiger partial charge in [0, 0.05) is 37.1 Å². The molecule has 1 aliphatic rings. The maximum Gasteiger partial charge on any atom is 0.254 e. The van der Waals surface area contributed by atoms with Gasteiger partial charge in [-0.25, -0.2) is 4.98 Å². The number of rotatable bonds is 2. The zero-order valence-corrected chi connectivity index (χ0v) is 11.7. The molecular weight excluding hydrogens is 246 g/mol. The largest absolute Gasteiger partial charge is 0.373 e. The van der Waals surface area contributed by atoms with Crippen LogP contribution >= 0.6 is 11.8 Å². The van der Waals surface area contributed by atoms with Crippen LogP contribution in [0.5, 0.6) is 0 Å². The van der Waals surface area contributed by atoms with Crippen LogP contribution in [0.4, 0.5) is 5.82 Å². The minimum atomic E-state index is 0.125. The summed E-state index contributed by atoms with van der Waals surface area (Å²) in [5.41, 5.74) is 1.60. The number of carbonyl (C=O) groups excluding carboxylic acids is 1. The van der Waals surface area contributed by atoms with E-state index in [2.05, 4.69) is 10.3 Å².